The number of anilines is 2. The average molecular weight is 351 g/mol. The summed E-state index contributed by atoms with van der Waals surface area (Å²) in [6, 6.07) is 16.1. The standard InChI is InChI=1S/C21H25N3O2/c1-16-12-17(2)14-18(13-16)22-20(25)15-21(26)24-10-8-23(9-11-24)19-6-4-3-5-7-19/h3-7,12-14H,8-11,15H2,1-2H3,(H,22,25). The topological polar surface area (TPSA) is 52.7 Å². The molecule has 1 aliphatic heterocycles. The normalized spacial score (nSPS) is 14.2. The van der Waals surface area contributed by atoms with E-state index in [-0.39, 0.29) is 18.2 Å². The summed E-state index contributed by atoms with van der Waals surface area (Å²) < 4.78 is 0. The van der Waals surface area contributed by atoms with Gasteiger partial charge in [-0.1, -0.05) is 24.3 Å². The van der Waals surface area contributed by atoms with Gasteiger partial charge in [0.15, 0.2) is 0 Å². The van der Waals surface area contributed by atoms with Crippen LogP contribution in [-0.2, 0) is 9.59 Å². The molecule has 5 heteroatoms. The summed E-state index contributed by atoms with van der Waals surface area (Å²) in [4.78, 5) is 28.7. The Hall–Kier alpha value is -2.82. The van der Waals surface area contributed by atoms with Crippen molar-refractivity contribution < 1.29 is 9.59 Å². The van der Waals surface area contributed by atoms with Crippen LogP contribution in [0.3, 0.4) is 0 Å². The van der Waals surface area contributed by atoms with Crippen LogP contribution in [0.25, 0.3) is 0 Å². The number of piperazine rings is 1. The molecule has 26 heavy (non-hydrogen) atoms. The number of amides is 2. The highest BCUT2D eigenvalue weighted by molar-refractivity contribution is 6.03. The molecular weight excluding hydrogens is 326 g/mol. The van der Waals surface area contributed by atoms with Crippen LogP contribution in [0.5, 0.6) is 0 Å². The molecule has 0 bridgehead atoms. The minimum atomic E-state index is -0.259. The maximum atomic E-state index is 12.4. The molecule has 0 unspecified atom stereocenters. The van der Waals surface area contributed by atoms with Gasteiger partial charge < -0.3 is 15.1 Å². The lowest BCUT2D eigenvalue weighted by Gasteiger charge is -2.36. The second-order valence-electron chi connectivity index (χ2n) is 6.80. The van der Waals surface area contributed by atoms with Crippen molar-refractivity contribution in [3.63, 3.8) is 0 Å². The lowest BCUT2D eigenvalue weighted by molar-refractivity contribution is -0.134. The van der Waals surface area contributed by atoms with Crippen LogP contribution in [0.4, 0.5) is 11.4 Å². The summed E-state index contributed by atoms with van der Waals surface area (Å²) in [6.07, 6.45) is -0.113. The molecule has 2 aromatic rings. The summed E-state index contributed by atoms with van der Waals surface area (Å²) in [5.74, 6) is -0.370. The molecule has 2 amide bonds. The number of carbonyl (C=O) groups is 2. The third kappa shape index (κ3) is 4.63. The molecule has 2 aromatic carbocycles. The minimum absolute atomic E-state index is 0.111. The molecule has 0 saturated carbocycles. The van der Waals surface area contributed by atoms with E-state index in [4.69, 9.17) is 0 Å². The number of nitrogens with one attached hydrogen (secondary N) is 1. The number of benzene rings is 2. The van der Waals surface area contributed by atoms with E-state index >= 15 is 0 Å². The predicted molar refractivity (Wildman–Crippen MR) is 104 cm³/mol. The number of nitrogens with zero attached hydrogens (tertiary/aromatic N) is 2. The maximum Gasteiger partial charge on any atom is 0.233 e. The van der Waals surface area contributed by atoms with E-state index in [0.29, 0.717) is 13.1 Å². The Kier molecular flexibility index (Phi) is 5.56. The van der Waals surface area contributed by atoms with Crippen molar-refractivity contribution in [1.29, 1.82) is 0 Å². The Bertz CT molecular complexity index is 761. The maximum absolute atomic E-state index is 12.4. The van der Waals surface area contributed by atoms with E-state index in [0.717, 1.165) is 29.9 Å². The van der Waals surface area contributed by atoms with Crippen molar-refractivity contribution in [2.75, 3.05) is 36.4 Å². The fraction of sp³-hybridized carbons (Fsp3) is 0.333. The summed E-state index contributed by atoms with van der Waals surface area (Å²) in [6.45, 7) is 6.83. The van der Waals surface area contributed by atoms with Crippen LogP contribution >= 0.6 is 0 Å². The lowest BCUT2D eigenvalue weighted by Crippen LogP contribution is -2.49. The molecule has 3 rings (SSSR count). The van der Waals surface area contributed by atoms with Gasteiger partial charge in [0, 0.05) is 37.6 Å². The van der Waals surface area contributed by atoms with Crippen molar-refractivity contribution in [2.24, 2.45) is 0 Å². The molecule has 0 atom stereocenters. The first-order valence-electron chi connectivity index (χ1n) is 8.97. The molecule has 1 aliphatic rings. The quantitative estimate of drug-likeness (QED) is 0.862. The second kappa shape index (κ2) is 8.04. The van der Waals surface area contributed by atoms with E-state index in [1.807, 2.05) is 50.2 Å². The minimum Gasteiger partial charge on any atom is -0.368 e. The zero-order chi connectivity index (χ0) is 18.5. The monoisotopic (exact) mass is 351 g/mol. The predicted octanol–water partition coefficient (Wildman–Crippen LogP) is 2.98. The molecule has 1 N–H and O–H groups in total. The number of carbonyl (C=O) groups excluding carboxylic acids is 2. The molecule has 1 heterocycles. The second-order valence-corrected chi connectivity index (χ2v) is 6.80. The number of hydrogen-bond acceptors (Lipinski definition) is 3. The first kappa shape index (κ1) is 18.0. The fourth-order valence-corrected chi connectivity index (χ4v) is 3.35. The van der Waals surface area contributed by atoms with E-state index in [1.54, 1.807) is 4.90 Å². The Labute approximate surface area is 154 Å². The molecule has 0 spiro atoms. The van der Waals surface area contributed by atoms with Gasteiger partial charge in [-0.2, -0.15) is 0 Å². The molecule has 1 fully saturated rings. The zero-order valence-corrected chi connectivity index (χ0v) is 15.4. The summed E-state index contributed by atoms with van der Waals surface area (Å²) >= 11 is 0. The van der Waals surface area contributed by atoms with Crippen LogP contribution in [0.2, 0.25) is 0 Å². The Morgan fingerprint density at radius 1 is 0.923 bits per heavy atom. The average Bonchev–Trinajstić information content (AvgIpc) is 2.61. The molecule has 1 saturated heterocycles. The van der Waals surface area contributed by atoms with Crippen LogP contribution in [0, 0.1) is 13.8 Å². The van der Waals surface area contributed by atoms with Gasteiger partial charge in [-0.05, 0) is 49.2 Å². The highest BCUT2D eigenvalue weighted by Crippen LogP contribution is 2.17. The van der Waals surface area contributed by atoms with Gasteiger partial charge >= 0.3 is 0 Å². The van der Waals surface area contributed by atoms with Crippen LogP contribution in [-0.4, -0.2) is 42.9 Å². The van der Waals surface area contributed by atoms with Gasteiger partial charge in [0.25, 0.3) is 0 Å². The van der Waals surface area contributed by atoms with Gasteiger partial charge in [-0.15, -0.1) is 0 Å². The van der Waals surface area contributed by atoms with Crippen LogP contribution < -0.4 is 10.2 Å². The van der Waals surface area contributed by atoms with E-state index < -0.39 is 0 Å². The van der Waals surface area contributed by atoms with Gasteiger partial charge in [0.2, 0.25) is 11.8 Å². The Balaban J connectivity index is 1.50. The van der Waals surface area contributed by atoms with Crippen molar-refractivity contribution in [1.82, 2.24) is 4.90 Å². The molecular formula is C21H25N3O2. The lowest BCUT2D eigenvalue weighted by atomic mass is 10.1. The van der Waals surface area contributed by atoms with E-state index in [1.165, 1.54) is 5.69 Å². The molecule has 5 nitrogen and oxygen atoms in total. The van der Waals surface area contributed by atoms with Crippen molar-refractivity contribution in [3.8, 4) is 0 Å². The molecule has 0 radical (unpaired) electrons. The van der Waals surface area contributed by atoms with Gasteiger partial charge in [-0.3, -0.25) is 9.59 Å². The SMILES string of the molecule is Cc1cc(C)cc(NC(=O)CC(=O)N2CCN(c3ccccc3)CC2)c1. The molecule has 136 valence electrons. The Morgan fingerprint density at radius 2 is 1.54 bits per heavy atom. The smallest absolute Gasteiger partial charge is 0.233 e. The summed E-state index contributed by atoms with van der Waals surface area (Å²) in [7, 11) is 0. The van der Waals surface area contributed by atoms with Crippen molar-refractivity contribution in [2.45, 2.75) is 20.3 Å². The van der Waals surface area contributed by atoms with E-state index in [9.17, 15) is 9.59 Å². The largest absolute Gasteiger partial charge is 0.368 e. The number of aryl methyl sites for hydroxylation is 2. The number of hydrogen-bond donors (Lipinski definition) is 1. The summed E-state index contributed by atoms with van der Waals surface area (Å²) in [5.41, 5.74) is 4.09. The first-order valence-corrected chi connectivity index (χ1v) is 8.97. The Morgan fingerprint density at radius 3 is 2.15 bits per heavy atom. The highest BCUT2D eigenvalue weighted by atomic mass is 16.2. The van der Waals surface area contributed by atoms with Crippen LogP contribution in [0.1, 0.15) is 17.5 Å². The highest BCUT2D eigenvalue weighted by Gasteiger charge is 2.23. The third-order valence-electron chi connectivity index (χ3n) is 4.57. The molecule has 0 aliphatic carbocycles. The fourth-order valence-electron chi connectivity index (χ4n) is 3.35. The van der Waals surface area contributed by atoms with E-state index in [2.05, 4.69) is 22.3 Å². The zero-order valence-electron chi connectivity index (χ0n) is 15.4. The van der Waals surface area contributed by atoms with Gasteiger partial charge in [0.1, 0.15) is 6.42 Å². The van der Waals surface area contributed by atoms with Gasteiger partial charge in [-0.25, -0.2) is 0 Å². The number of para-hydroxylation sites is 1. The van der Waals surface area contributed by atoms with Crippen molar-refractivity contribution in [3.05, 3.63) is 59.7 Å². The van der Waals surface area contributed by atoms with Gasteiger partial charge in [0.05, 0.1) is 0 Å². The number of rotatable bonds is 4. The molecule has 0 aromatic heterocycles. The summed E-state index contributed by atoms with van der Waals surface area (Å²) in [5, 5.41) is 2.83. The first-order chi connectivity index (χ1) is 12.5. The van der Waals surface area contributed by atoms with Crippen LogP contribution in [0.15, 0.2) is 48.5 Å². The third-order valence-corrected chi connectivity index (χ3v) is 4.57. The van der Waals surface area contributed by atoms with Crippen molar-refractivity contribution >= 4 is 23.2 Å².